The van der Waals surface area contributed by atoms with Crippen molar-refractivity contribution in [1.29, 1.82) is 0 Å². The van der Waals surface area contributed by atoms with Crippen LogP contribution >= 0.6 is 0 Å². The van der Waals surface area contributed by atoms with Crippen molar-refractivity contribution in [3.63, 3.8) is 0 Å². The average molecular weight is 236 g/mol. The predicted octanol–water partition coefficient (Wildman–Crippen LogP) is 2.83. The van der Waals surface area contributed by atoms with Gasteiger partial charge in [-0.25, -0.2) is 0 Å². The number of ether oxygens (including phenoxy) is 2. The number of benzene rings is 1. The second-order valence-electron chi connectivity index (χ2n) is 4.21. The van der Waals surface area contributed by atoms with E-state index in [-0.39, 0.29) is 0 Å². The Bertz CT molecular complexity index is 319. The van der Waals surface area contributed by atoms with Gasteiger partial charge in [0.15, 0.2) is 0 Å². The van der Waals surface area contributed by atoms with E-state index in [4.69, 9.17) is 9.47 Å². The number of aldehydes is 1. The molecule has 0 saturated heterocycles. The molecule has 0 aliphatic rings. The fourth-order valence-corrected chi connectivity index (χ4v) is 1.54. The molecule has 1 aromatic carbocycles. The standard InChI is InChI=1S/C14H20O3/c1-12(4-3-9-15)10-17-11-13-5-7-14(16-2)8-6-13/h5-9,12H,3-4,10-11H2,1-2H3. The zero-order chi connectivity index (χ0) is 12.5. The highest BCUT2D eigenvalue weighted by Crippen LogP contribution is 2.12. The average Bonchev–Trinajstić information content (AvgIpc) is 2.37. The zero-order valence-corrected chi connectivity index (χ0v) is 10.5. The summed E-state index contributed by atoms with van der Waals surface area (Å²) in [5, 5.41) is 0. The Morgan fingerprint density at radius 3 is 2.59 bits per heavy atom. The molecule has 0 N–H and O–H groups in total. The molecule has 3 nitrogen and oxygen atoms in total. The lowest BCUT2D eigenvalue weighted by molar-refractivity contribution is -0.108. The van der Waals surface area contributed by atoms with Crippen LogP contribution in [0.15, 0.2) is 24.3 Å². The molecule has 0 aromatic heterocycles. The molecule has 0 saturated carbocycles. The molecule has 1 aromatic rings. The van der Waals surface area contributed by atoms with Crippen LogP contribution in [0.2, 0.25) is 0 Å². The largest absolute Gasteiger partial charge is 0.497 e. The predicted molar refractivity (Wildman–Crippen MR) is 67.1 cm³/mol. The number of rotatable bonds is 8. The molecule has 1 unspecified atom stereocenters. The highest BCUT2D eigenvalue weighted by molar-refractivity contribution is 5.49. The normalized spacial score (nSPS) is 12.1. The van der Waals surface area contributed by atoms with Gasteiger partial charge < -0.3 is 14.3 Å². The van der Waals surface area contributed by atoms with Crippen molar-refractivity contribution in [3.05, 3.63) is 29.8 Å². The summed E-state index contributed by atoms with van der Waals surface area (Å²) in [7, 11) is 1.65. The van der Waals surface area contributed by atoms with Gasteiger partial charge in [-0.15, -0.1) is 0 Å². The van der Waals surface area contributed by atoms with Crippen LogP contribution in [0.3, 0.4) is 0 Å². The van der Waals surface area contributed by atoms with Crippen LogP contribution < -0.4 is 4.74 Å². The van der Waals surface area contributed by atoms with E-state index < -0.39 is 0 Å². The van der Waals surface area contributed by atoms with Gasteiger partial charge in [0.25, 0.3) is 0 Å². The maximum atomic E-state index is 10.2. The summed E-state index contributed by atoms with van der Waals surface area (Å²) in [5.74, 6) is 1.28. The zero-order valence-electron chi connectivity index (χ0n) is 10.5. The van der Waals surface area contributed by atoms with Crippen LogP contribution in [0.25, 0.3) is 0 Å². The molecule has 3 heteroatoms. The second kappa shape index (κ2) is 7.85. The molecule has 94 valence electrons. The van der Waals surface area contributed by atoms with Gasteiger partial charge in [0.05, 0.1) is 13.7 Å². The van der Waals surface area contributed by atoms with Gasteiger partial charge >= 0.3 is 0 Å². The number of carbonyl (C=O) groups is 1. The third-order valence-corrected chi connectivity index (χ3v) is 2.61. The SMILES string of the molecule is COc1ccc(COCC(C)CCC=O)cc1. The monoisotopic (exact) mass is 236 g/mol. The van der Waals surface area contributed by atoms with E-state index in [0.29, 0.717) is 25.6 Å². The molecular formula is C14H20O3. The first-order valence-corrected chi connectivity index (χ1v) is 5.90. The van der Waals surface area contributed by atoms with Gasteiger partial charge in [-0.2, -0.15) is 0 Å². The topological polar surface area (TPSA) is 35.5 Å². The van der Waals surface area contributed by atoms with Crippen molar-refractivity contribution in [1.82, 2.24) is 0 Å². The number of hydrogen-bond acceptors (Lipinski definition) is 3. The smallest absolute Gasteiger partial charge is 0.120 e. The van der Waals surface area contributed by atoms with Crippen molar-refractivity contribution in [2.45, 2.75) is 26.4 Å². The fraction of sp³-hybridized carbons (Fsp3) is 0.500. The summed E-state index contributed by atoms with van der Waals surface area (Å²) in [5.41, 5.74) is 1.13. The summed E-state index contributed by atoms with van der Waals surface area (Å²) in [6.07, 6.45) is 2.47. The summed E-state index contributed by atoms with van der Waals surface area (Å²) < 4.78 is 10.7. The molecule has 1 rings (SSSR count). The first-order chi connectivity index (χ1) is 8.26. The van der Waals surface area contributed by atoms with Crippen LogP contribution in [-0.2, 0) is 16.1 Å². The van der Waals surface area contributed by atoms with E-state index in [2.05, 4.69) is 6.92 Å². The molecule has 0 fully saturated rings. The minimum Gasteiger partial charge on any atom is -0.497 e. The van der Waals surface area contributed by atoms with E-state index >= 15 is 0 Å². The molecule has 0 aliphatic carbocycles. The highest BCUT2D eigenvalue weighted by atomic mass is 16.5. The fourth-order valence-electron chi connectivity index (χ4n) is 1.54. The Morgan fingerprint density at radius 2 is 2.00 bits per heavy atom. The number of carbonyl (C=O) groups excluding carboxylic acids is 1. The lowest BCUT2D eigenvalue weighted by atomic mass is 10.1. The van der Waals surface area contributed by atoms with Crippen LogP contribution in [0.5, 0.6) is 5.75 Å². The van der Waals surface area contributed by atoms with Crippen molar-refractivity contribution >= 4 is 6.29 Å². The maximum absolute atomic E-state index is 10.2. The van der Waals surface area contributed by atoms with E-state index in [9.17, 15) is 4.79 Å². The van der Waals surface area contributed by atoms with Crippen LogP contribution in [-0.4, -0.2) is 20.0 Å². The number of hydrogen-bond donors (Lipinski definition) is 0. The summed E-state index contributed by atoms with van der Waals surface area (Å²) in [4.78, 5) is 10.2. The van der Waals surface area contributed by atoms with Crippen molar-refractivity contribution in [2.75, 3.05) is 13.7 Å². The van der Waals surface area contributed by atoms with Crippen LogP contribution in [0, 0.1) is 5.92 Å². The Balaban J connectivity index is 2.23. The molecule has 1 atom stereocenters. The van der Waals surface area contributed by atoms with Gasteiger partial charge in [-0.3, -0.25) is 0 Å². The molecule has 0 bridgehead atoms. The van der Waals surface area contributed by atoms with E-state index in [0.717, 1.165) is 24.0 Å². The maximum Gasteiger partial charge on any atom is 0.120 e. The van der Waals surface area contributed by atoms with Gasteiger partial charge in [0.1, 0.15) is 12.0 Å². The summed E-state index contributed by atoms with van der Waals surface area (Å²) >= 11 is 0. The summed E-state index contributed by atoms with van der Waals surface area (Å²) in [6, 6.07) is 7.84. The lowest BCUT2D eigenvalue weighted by Gasteiger charge is -2.10. The first kappa shape index (κ1) is 13.7. The third kappa shape index (κ3) is 5.50. The Kier molecular flexibility index (Phi) is 6.33. The lowest BCUT2D eigenvalue weighted by Crippen LogP contribution is -2.06. The molecular weight excluding hydrogens is 216 g/mol. The Morgan fingerprint density at radius 1 is 1.29 bits per heavy atom. The molecule has 0 amide bonds. The highest BCUT2D eigenvalue weighted by Gasteiger charge is 2.02. The van der Waals surface area contributed by atoms with Crippen molar-refractivity contribution in [3.8, 4) is 5.75 Å². The van der Waals surface area contributed by atoms with Crippen molar-refractivity contribution < 1.29 is 14.3 Å². The molecule has 17 heavy (non-hydrogen) atoms. The Hall–Kier alpha value is -1.35. The Labute approximate surface area is 103 Å². The quantitative estimate of drug-likeness (QED) is 0.651. The van der Waals surface area contributed by atoms with Gasteiger partial charge in [-0.05, 0) is 30.0 Å². The van der Waals surface area contributed by atoms with E-state index in [1.165, 1.54) is 0 Å². The van der Waals surface area contributed by atoms with Crippen molar-refractivity contribution in [2.24, 2.45) is 5.92 Å². The molecule has 0 spiro atoms. The van der Waals surface area contributed by atoms with Gasteiger partial charge in [-0.1, -0.05) is 19.1 Å². The molecule has 0 radical (unpaired) electrons. The third-order valence-electron chi connectivity index (χ3n) is 2.61. The van der Waals surface area contributed by atoms with Crippen LogP contribution in [0.4, 0.5) is 0 Å². The summed E-state index contributed by atoms with van der Waals surface area (Å²) in [6.45, 7) is 3.40. The minimum atomic E-state index is 0.429. The van der Waals surface area contributed by atoms with Gasteiger partial charge in [0.2, 0.25) is 0 Å². The van der Waals surface area contributed by atoms with E-state index in [1.807, 2.05) is 24.3 Å². The number of methoxy groups -OCH3 is 1. The minimum absolute atomic E-state index is 0.429. The van der Waals surface area contributed by atoms with Crippen LogP contribution in [0.1, 0.15) is 25.3 Å². The van der Waals surface area contributed by atoms with E-state index in [1.54, 1.807) is 7.11 Å². The first-order valence-electron chi connectivity index (χ1n) is 5.90. The molecule has 0 aliphatic heterocycles. The van der Waals surface area contributed by atoms with Gasteiger partial charge in [0, 0.05) is 13.0 Å². The molecule has 0 heterocycles. The second-order valence-corrected chi connectivity index (χ2v) is 4.21.